The summed E-state index contributed by atoms with van der Waals surface area (Å²) in [6.07, 6.45) is 1.52. The first-order valence-corrected chi connectivity index (χ1v) is 9.95. The van der Waals surface area contributed by atoms with Crippen LogP contribution in [-0.2, 0) is 0 Å². The summed E-state index contributed by atoms with van der Waals surface area (Å²) < 4.78 is 12.6. The number of fused-ring (bicyclic) bond motifs is 1. The number of amides is 1. The normalized spacial score (nSPS) is 10.7. The van der Waals surface area contributed by atoms with Gasteiger partial charge in [-0.3, -0.25) is 9.78 Å². The molecule has 2 aromatic heterocycles. The minimum absolute atomic E-state index is 0.254. The van der Waals surface area contributed by atoms with Gasteiger partial charge in [0.15, 0.2) is 5.58 Å². The lowest BCUT2D eigenvalue weighted by Crippen LogP contribution is -2.29. The number of anilines is 2. The second-order valence-electron chi connectivity index (χ2n) is 6.30. The van der Waals surface area contributed by atoms with Crippen LogP contribution >= 0.6 is 15.9 Å². The molecule has 2 aromatic carbocycles. The van der Waals surface area contributed by atoms with Crippen LogP contribution in [0.3, 0.4) is 0 Å². The van der Waals surface area contributed by atoms with E-state index in [0.29, 0.717) is 41.7 Å². The summed E-state index contributed by atoms with van der Waals surface area (Å²) in [5.74, 6) is 0.742. The molecule has 0 spiro atoms. The molecule has 30 heavy (non-hydrogen) atoms. The molecule has 0 atom stereocenters. The van der Waals surface area contributed by atoms with Crippen molar-refractivity contribution in [3.8, 4) is 11.5 Å². The molecular weight excluding hydrogens is 450 g/mol. The Balaban J connectivity index is 1.50. The number of oxazole rings is 1. The molecule has 0 unspecified atom stereocenters. The van der Waals surface area contributed by atoms with Crippen LogP contribution in [0.1, 0.15) is 10.5 Å². The number of carbonyl (C=O) groups is 1. The third kappa shape index (κ3) is 4.76. The number of carbonyl (C=O) groups excluding carboxylic acids is 1. The molecule has 1 amide bonds. The third-order valence-corrected chi connectivity index (χ3v) is 4.61. The molecule has 0 bridgehead atoms. The van der Waals surface area contributed by atoms with Gasteiger partial charge in [0.25, 0.3) is 11.9 Å². The van der Waals surface area contributed by atoms with E-state index in [2.05, 4.69) is 36.5 Å². The summed E-state index contributed by atoms with van der Waals surface area (Å²) in [7, 11) is 0. The highest BCUT2D eigenvalue weighted by molar-refractivity contribution is 9.10. The van der Waals surface area contributed by atoms with Crippen LogP contribution in [0.25, 0.3) is 11.1 Å². The van der Waals surface area contributed by atoms with E-state index in [-0.39, 0.29) is 11.6 Å². The van der Waals surface area contributed by atoms with Crippen molar-refractivity contribution in [3.63, 3.8) is 0 Å². The van der Waals surface area contributed by atoms with Gasteiger partial charge in [0, 0.05) is 41.6 Å². The minimum Gasteiger partial charge on any atom is -0.457 e. The smallest absolute Gasteiger partial charge is 0.300 e. The SMILES string of the molecule is NCCNC(=O)c1cc(Oc2ccc3oc(Nc4ccc(Br)cc4)nc3c2)ccn1. The Morgan fingerprint density at radius 2 is 1.90 bits per heavy atom. The summed E-state index contributed by atoms with van der Waals surface area (Å²) in [5.41, 5.74) is 7.78. The first-order valence-electron chi connectivity index (χ1n) is 9.16. The number of aromatic nitrogens is 2. The summed E-state index contributed by atoms with van der Waals surface area (Å²) in [4.78, 5) is 20.6. The highest BCUT2D eigenvalue weighted by Gasteiger charge is 2.10. The number of pyridine rings is 1. The number of nitrogens with one attached hydrogen (secondary N) is 2. The third-order valence-electron chi connectivity index (χ3n) is 4.08. The number of halogens is 1. The molecule has 8 nitrogen and oxygen atoms in total. The second-order valence-corrected chi connectivity index (χ2v) is 7.22. The Kier molecular flexibility index (Phi) is 5.92. The van der Waals surface area contributed by atoms with Gasteiger partial charge in [-0.05, 0) is 42.5 Å². The van der Waals surface area contributed by atoms with E-state index < -0.39 is 0 Å². The van der Waals surface area contributed by atoms with Crippen molar-refractivity contribution in [2.45, 2.75) is 0 Å². The quantitative estimate of drug-likeness (QED) is 0.372. The zero-order valence-corrected chi connectivity index (χ0v) is 17.3. The van der Waals surface area contributed by atoms with Crippen molar-refractivity contribution in [2.75, 3.05) is 18.4 Å². The lowest BCUT2D eigenvalue weighted by Gasteiger charge is -2.07. The Labute approximate surface area is 180 Å². The molecule has 4 aromatic rings. The van der Waals surface area contributed by atoms with Gasteiger partial charge < -0.3 is 25.5 Å². The van der Waals surface area contributed by atoms with Gasteiger partial charge in [-0.2, -0.15) is 4.98 Å². The lowest BCUT2D eigenvalue weighted by molar-refractivity contribution is 0.0949. The van der Waals surface area contributed by atoms with E-state index in [4.69, 9.17) is 14.9 Å². The second kappa shape index (κ2) is 8.93. The highest BCUT2D eigenvalue weighted by Crippen LogP contribution is 2.28. The average Bonchev–Trinajstić information content (AvgIpc) is 3.15. The van der Waals surface area contributed by atoms with E-state index in [1.165, 1.54) is 6.20 Å². The number of nitrogens with zero attached hydrogens (tertiary/aromatic N) is 2. The average molecular weight is 468 g/mol. The molecule has 0 fully saturated rings. The van der Waals surface area contributed by atoms with Crippen molar-refractivity contribution < 1.29 is 13.9 Å². The fraction of sp³-hybridized carbons (Fsp3) is 0.0952. The first-order chi connectivity index (χ1) is 14.6. The van der Waals surface area contributed by atoms with Crippen molar-refractivity contribution in [1.82, 2.24) is 15.3 Å². The molecule has 4 N–H and O–H groups in total. The molecule has 0 saturated heterocycles. The monoisotopic (exact) mass is 467 g/mol. The number of nitrogens with two attached hydrogens (primary N) is 1. The van der Waals surface area contributed by atoms with Gasteiger partial charge in [-0.25, -0.2) is 0 Å². The predicted molar refractivity (Wildman–Crippen MR) is 117 cm³/mol. The van der Waals surface area contributed by atoms with Crippen LogP contribution in [0.2, 0.25) is 0 Å². The predicted octanol–water partition coefficient (Wildman–Crippen LogP) is 4.21. The van der Waals surface area contributed by atoms with Crippen LogP contribution in [0.5, 0.6) is 11.5 Å². The van der Waals surface area contributed by atoms with Gasteiger partial charge in [-0.1, -0.05) is 15.9 Å². The number of hydrogen-bond donors (Lipinski definition) is 3. The number of ether oxygens (including phenoxy) is 1. The zero-order chi connectivity index (χ0) is 20.9. The Bertz CT molecular complexity index is 1180. The van der Waals surface area contributed by atoms with Crippen molar-refractivity contribution in [1.29, 1.82) is 0 Å². The van der Waals surface area contributed by atoms with Gasteiger partial charge in [0.1, 0.15) is 22.7 Å². The minimum atomic E-state index is -0.304. The van der Waals surface area contributed by atoms with Crippen LogP contribution in [0.4, 0.5) is 11.7 Å². The topological polar surface area (TPSA) is 115 Å². The van der Waals surface area contributed by atoms with Gasteiger partial charge in [0.2, 0.25) is 0 Å². The molecule has 9 heteroatoms. The summed E-state index contributed by atoms with van der Waals surface area (Å²) in [5, 5.41) is 5.80. The summed E-state index contributed by atoms with van der Waals surface area (Å²) >= 11 is 3.41. The molecule has 4 rings (SSSR count). The molecule has 2 heterocycles. The van der Waals surface area contributed by atoms with Crippen LogP contribution in [-0.4, -0.2) is 29.0 Å². The fourth-order valence-corrected chi connectivity index (χ4v) is 2.96. The van der Waals surface area contributed by atoms with Gasteiger partial charge >= 0.3 is 0 Å². The summed E-state index contributed by atoms with van der Waals surface area (Å²) in [6, 6.07) is 16.6. The van der Waals surface area contributed by atoms with Gasteiger partial charge in [0.05, 0.1) is 0 Å². The van der Waals surface area contributed by atoms with Crippen molar-refractivity contribution in [3.05, 3.63) is 71.0 Å². The maximum atomic E-state index is 12.0. The molecule has 0 aliphatic rings. The Morgan fingerprint density at radius 3 is 2.70 bits per heavy atom. The maximum Gasteiger partial charge on any atom is 0.300 e. The maximum absolute atomic E-state index is 12.0. The standard InChI is InChI=1S/C21H18BrN5O3/c22-13-1-3-14(4-2-13)26-21-27-17-11-15(5-6-19(17)30-21)29-16-7-9-24-18(12-16)20(28)25-10-8-23/h1-7,9,11-12H,8,10,23H2,(H,25,28)(H,26,27). The van der Waals surface area contributed by atoms with Crippen LogP contribution < -0.4 is 21.1 Å². The molecular formula is C21H18BrN5O3. The van der Waals surface area contributed by atoms with Crippen molar-refractivity contribution in [2.24, 2.45) is 5.73 Å². The largest absolute Gasteiger partial charge is 0.457 e. The number of rotatable bonds is 7. The van der Waals surface area contributed by atoms with E-state index in [9.17, 15) is 4.79 Å². The van der Waals surface area contributed by atoms with Crippen LogP contribution in [0, 0.1) is 0 Å². The summed E-state index contributed by atoms with van der Waals surface area (Å²) in [6.45, 7) is 0.739. The molecule has 152 valence electrons. The van der Waals surface area contributed by atoms with E-state index in [1.807, 2.05) is 24.3 Å². The van der Waals surface area contributed by atoms with E-state index in [1.54, 1.807) is 30.3 Å². The van der Waals surface area contributed by atoms with E-state index >= 15 is 0 Å². The number of benzene rings is 2. The lowest BCUT2D eigenvalue weighted by atomic mass is 10.3. The van der Waals surface area contributed by atoms with Crippen molar-refractivity contribution >= 4 is 44.6 Å². The molecule has 0 aliphatic heterocycles. The molecule has 0 radical (unpaired) electrons. The Morgan fingerprint density at radius 1 is 1.10 bits per heavy atom. The molecule has 0 aliphatic carbocycles. The van der Waals surface area contributed by atoms with Crippen LogP contribution in [0.15, 0.2) is 69.7 Å². The highest BCUT2D eigenvalue weighted by atomic mass is 79.9. The van der Waals surface area contributed by atoms with E-state index in [0.717, 1.165) is 10.2 Å². The fourth-order valence-electron chi connectivity index (χ4n) is 2.69. The van der Waals surface area contributed by atoms with Gasteiger partial charge in [-0.15, -0.1) is 0 Å². The first kappa shape index (κ1) is 19.9. The zero-order valence-electron chi connectivity index (χ0n) is 15.8. The Hall–Kier alpha value is -3.43. The number of hydrogen-bond acceptors (Lipinski definition) is 7. The molecule has 0 saturated carbocycles.